The van der Waals surface area contributed by atoms with Gasteiger partial charge in [-0.1, -0.05) is 20.3 Å². The molecule has 0 aromatic rings. The maximum Gasteiger partial charge on any atom is 0.113 e. The topological polar surface area (TPSA) is 6.48 Å². The molecule has 0 unspecified atom stereocenters. The predicted molar refractivity (Wildman–Crippen MR) is 74.7 cm³/mol. The monoisotopic (exact) mass is 256 g/mol. The molecular weight excluding hydrogens is 227 g/mol. The molecule has 106 valence electrons. The molecule has 2 aliphatic rings. The third kappa shape index (κ3) is 3.45. The molecule has 2 saturated heterocycles. The van der Waals surface area contributed by atoms with Gasteiger partial charge in [0.25, 0.3) is 0 Å². The summed E-state index contributed by atoms with van der Waals surface area (Å²) in [6.07, 6.45) is 5.81. The molecule has 2 fully saturated rings. The Balaban J connectivity index is 1.76. The van der Waals surface area contributed by atoms with Crippen LogP contribution < -0.4 is 0 Å². The third-order valence-corrected chi connectivity index (χ3v) is 4.91. The van der Waals surface area contributed by atoms with Crippen LogP contribution in [0.15, 0.2) is 0 Å². The van der Waals surface area contributed by atoms with Crippen molar-refractivity contribution in [3.05, 3.63) is 0 Å². The van der Waals surface area contributed by atoms with Gasteiger partial charge in [0, 0.05) is 19.1 Å². The molecule has 0 N–H and O–H groups in total. The van der Waals surface area contributed by atoms with Gasteiger partial charge in [-0.15, -0.1) is 0 Å². The van der Waals surface area contributed by atoms with Crippen molar-refractivity contribution in [1.82, 2.24) is 9.80 Å². The lowest BCUT2D eigenvalue weighted by molar-refractivity contribution is 0.0159. The lowest BCUT2D eigenvalue weighted by Gasteiger charge is -2.43. The predicted octanol–water partition coefficient (Wildman–Crippen LogP) is 3.07. The van der Waals surface area contributed by atoms with E-state index in [9.17, 15) is 4.39 Å². The Bertz CT molecular complexity index is 241. The Labute approximate surface area is 112 Å². The SMILES string of the molecule is CCCC1(F)CCN(C2CCN(CC)CC2)CC1. The minimum Gasteiger partial charge on any atom is -0.303 e. The minimum atomic E-state index is -0.852. The highest BCUT2D eigenvalue weighted by Gasteiger charge is 2.36. The fourth-order valence-electron chi connectivity index (χ4n) is 3.59. The Morgan fingerprint density at radius 1 is 1.06 bits per heavy atom. The summed E-state index contributed by atoms with van der Waals surface area (Å²) in [5.41, 5.74) is -0.852. The first kappa shape index (κ1) is 14.3. The fraction of sp³-hybridized carbons (Fsp3) is 1.00. The van der Waals surface area contributed by atoms with Gasteiger partial charge in [0.05, 0.1) is 0 Å². The second-order valence-corrected chi connectivity index (χ2v) is 6.10. The van der Waals surface area contributed by atoms with E-state index in [0.717, 1.165) is 44.8 Å². The molecule has 3 heteroatoms. The molecule has 18 heavy (non-hydrogen) atoms. The maximum atomic E-state index is 14.4. The van der Waals surface area contributed by atoms with Crippen LogP contribution in [0.25, 0.3) is 0 Å². The number of halogens is 1. The molecular formula is C15H29FN2. The fourth-order valence-corrected chi connectivity index (χ4v) is 3.59. The van der Waals surface area contributed by atoms with Crippen molar-refractivity contribution >= 4 is 0 Å². The molecule has 0 aliphatic carbocycles. The number of hydrogen-bond acceptors (Lipinski definition) is 2. The average molecular weight is 256 g/mol. The zero-order chi connectivity index (χ0) is 13.0. The number of rotatable bonds is 4. The Hall–Kier alpha value is -0.150. The highest BCUT2D eigenvalue weighted by atomic mass is 19.1. The standard InChI is InChI=1S/C15H29FN2/c1-3-7-15(16)8-12-18(13-9-15)14-5-10-17(4-2)11-6-14/h14H,3-13H2,1-2H3. The molecule has 0 radical (unpaired) electrons. The van der Waals surface area contributed by atoms with Gasteiger partial charge >= 0.3 is 0 Å². The number of alkyl halides is 1. The van der Waals surface area contributed by atoms with Gasteiger partial charge in [-0.2, -0.15) is 0 Å². The van der Waals surface area contributed by atoms with Crippen LogP contribution in [0.4, 0.5) is 4.39 Å². The summed E-state index contributed by atoms with van der Waals surface area (Å²) < 4.78 is 14.4. The second kappa shape index (κ2) is 6.33. The van der Waals surface area contributed by atoms with Crippen LogP contribution >= 0.6 is 0 Å². The van der Waals surface area contributed by atoms with Crippen LogP contribution in [-0.2, 0) is 0 Å². The summed E-state index contributed by atoms with van der Waals surface area (Å²) in [7, 11) is 0. The van der Waals surface area contributed by atoms with E-state index in [-0.39, 0.29) is 0 Å². The van der Waals surface area contributed by atoms with Crippen LogP contribution in [-0.4, -0.2) is 54.2 Å². The highest BCUT2D eigenvalue weighted by molar-refractivity contribution is 4.89. The highest BCUT2D eigenvalue weighted by Crippen LogP contribution is 2.33. The number of likely N-dealkylation sites (tertiary alicyclic amines) is 2. The summed E-state index contributed by atoms with van der Waals surface area (Å²) in [6, 6.07) is 0.721. The van der Waals surface area contributed by atoms with Crippen molar-refractivity contribution < 1.29 is 4.39 Å². The van der Waals surface area contributed by atoms with Gasteiger partial charge in [-0.25, -0.2) is 4.39 Å². The molecule has 0 bridgehead atoms. The largest absolute Gasteiger partial charge is 0.303 e. The Morgan fingerprint density at radius 3 is 2.17 bits per heavy atom. The molecule has 0 spiro atoms. The first-order valence-electron chi connectivity index (χ1n) is 7.82. The first-order chi connectivity index (χ1) is 8.67. The number of piperidine rings is 2. The second-order valence-electron chi connectivity index (χ2n) is 6.10. The van der Waals surface area contributed by atoms with E-state index in [0.29, 0.717) is 0 Å². The van der Waals surface area contributed by atoms with E-state index >= 15 is 0 Å². The Kier molecular flexibility index (Phi) is 5.02. The van der Waals surface area contributed by atoms with Crippen LogP contribution in [0.5, 0.6) is 0 Å². The smallest absolute Gasteiger partial charge is 0.113 e. The molecule has 2 nitrogen and oxygen atoms in total. The zero-order valence-electron chi connectivity index (χ0n) is 12.1. The van der Waals surface area contributed by atoms with Gasteiger partial charge in [-0.3, -0.25) is 0 Å². The van der Waals surface area contributed by atoms with E-state index < -0.39 is 5.67 Å². The van der Waals surface area contributed by atoms with Crippen LogP contribution in [0.1, 0.15) is 52.4 Å². The maximum absolute atomic E-state index is 14.4. The molecule has 0 saturated carbocycles. The molecule has 0 atom stereocenters. The van der Waals surface area contributed by atoms with Crippen molar-refractivity contribution in [1.29, 1.82) is 0 Å². The van der Waals surface area contributed by atoms with Crippen molar-refractivity contribution in [2.45, 2.75) is 64.1 Å². The molecule has 0 aromatic heterocycles. The lowest BCUT2D eigenvalue weighted by Crippen LogP contribution is -2.50. The normalized spacial score (nSPS) is 27.5. The van der Waals surface area contributed by atoms with E-state index in [1.807, 2.05) is 0 Å². The molecule has 2 heterocycles. The van der Waals surface area contributed by atoms with Crippen LogP contribution in [0, 0.1) is 0 Å². The van der Waals surface area contributed by atoms with Gasteiger partial charge < -0.3 is 9.80 Å². The average Bonchev–Trinajstić information content (AvgIpc) is 2.40. The van der Waals surface area contributed by atoms with Crippen molar-refractivity contribution in [3.8, 4) is 0 Å². The quantitative estimate of drug-likeness (QED) is 0.762. The summed E-state index contributed by atoms with van der Waals surface area (Å²) >= 11 is 0. The molecule has 0 aromatic carbocycles. The van der Waals surface area contributed by atoms with Crippen LogP contribution in [0.3, 0.4) is 0 Å². The number of nitrogens with zero attached hydrogens (tertiary/aromatic N) is 2. The molecule has 2 rings (SSSR count). The summed E-state index contributed by atoms with van der Waals surface area (Å²) in [4.78, 5) is 5.08. The van der Waals surface area contributed by atoms with E-state index in [1.54, 1.807) is 0 Å². The zero-order valence-corrected chi connectivity index (χ0v) is 12.1. The van der Waals surface area contributed by atoms with Crippen molar-refractivity contribution in [2.75, 3.05) is 32.7 Å². The van der Waals surface area contributed by atoms with Gasteiger partial charge in [0.2, 0.25) is 0 Å². The van der Waals surface area contributed by atoms with Crippen LogP contribution in [0.2, 0.25) is 0 Å². The van der Waals surface area contributed by atoms with Crippen molar-refractivity contribution in [2.24, 2.45) is 0 Å². The van der Waals surface area contributed by atoms with Gasteiger partial charge in [0.1, 0.15) is 5.67 Å². The minimum absolute atomic E-state index is 0.721. The number of hydrogen-bond donors (Lipinski definition) is 0. The summed E-state index contributed by atoms with van der Waals surface area (Å²) in [5.74, 6) is 0. The molecule has 0 amide bonds. The summed E-state index contributed by atoms with van der Waals surface area (Å²) in [5, 5.41) is 0. The van der Waals surface area contributed by atoms with E-state index in [1.165, 1.54) is 32.5 Å². The first-order valence-corrected chi connectivity index (χ1v) is 7.82. The molecule has 2 aliphatic heterocycles. The van der Waals surface area contributed by atoms with E-state index in [4.69, 9.17) is 0 Å². The van der Waals surface area contributed by atoms with Gasteiger partial charge in [0.15, 0.2) is 0 Å². The van der Waals surface area contributed by atoms with Gasteiger partial charge in [-0.05, 0) is 51.7 Å². The van der Waals surface area contributed by atoms with Crippen molar-refractivity contribution in [3.63, 3.8) is 0 Å². The lowest BCUT2D eigenvalue weighted by atomic mass is 9.87. The summed E-state index contributed by atoms with van der Waals surface area (Å²) in [6.45, 7) is 9.93. The Morgan fingerprint density at radius 2 is 1.67 bits per heavy atom. The van der Waals surface area contributed by atoms with E-state index in [2.05, 4.69) is 23.6 Å². The third-order valence-electron chi connectivity index (χ3n) is 4.91.